The van der Waals surface area contributed by atoms with E-state index >= 15 is 0 Å². The summed E-state index contributed by atoms with van der Waals surface area (Å²) in [5.41, 5.74) is 7.14. The fourth-order valence-electron chi connectivity index (χ4n) is 1.94. The minimum atomic E-state index is -0.580. The Balaban J connectivity index is 2.09. The first-order valence-electron chi connectivity index (χ1n) is 6.52. The zero-order chi connectivity index (χ0) is 15.4. The lowest BCUT2D eigenvalue weighted by Crippen LogP contribution is -2.21. The quantitative estimate of drug-likeness (QED) is 0.843. The van der Waals surface area contributed by atoms with Gasteiger partial charge in [0.25, 0.3) is 0 Å². The van der Waals surface area contributed by atoms with Gasteiger partial charge in [-0.3, -0.25) is 0 Å². The second-order valence-corrected chi connectivity index (χ2v) is 6.12. The number of benzene rings is 2. The number of nitrogens with two attached hydrogens (primary N) is 1. The third kappa shape index (κ3) is 3.95. The molecule has 2 nitrogen and oxygen atoms in total. The highest BCUT2D eigenvalue weighted by Gasteiger charge is 2.18. The molecule has 0 aliphatic carbocycles. The van der Waals surface area contributed by atoms with Crippen molar-refractivity contribution in [2.75, 3.05) is 7.11 Å². The van der Waals surface area contributed by atoms with Crippen LogP contribution >= 0.6 is 11.8 Å². The molecule has 2 aromatic rings. The highest BCUT2D eigenvalue weighted by Crippen LogP contribution is 2.32. The smallest absolute Gasteiger partial charge is 0.139 e. The van der Waals surface area contributed by atoms with Gasteiger partial charge in [-0.1, -0.05) is 19.1 Å². The summed E-state index contributed by atoms with van der Waals surface area (Å²) in [6.45, 7) is 1.92. The Morgan fingerprint density at radius 2 is 1.76 bits per heavy atom. The molecule has 0 saturated carbocycles. The molecule has 0 aliphatic rings. The number of hydrogen-bond acceptors (Lipinski definition) is 3. The number of thioether (sulfide) groups is 1. The van der Waals surface area contributed by atoms with E-state index in [1.807, 2.05) is 31.2 Å². The summed E-state index contributed by atoms with van der Waals surface area (Å²) >= 11 is 1.29. The second-order valence-electron chi connectivity index (χ2n) is 4.70. The fourth-order valence-corrected chi connectivity index (χ4v) is 2.96. The zero-order valence-corrected chi connectivity index (χ0v) is 12.7. The molecule has 2 aromatic carbocycles. The van der Waals surface area contributed by atoms with Gasteiger partial charge in [-0.05, 0) is 29.8 Å². The van der Waals surface area contributed by atoms with Crippen molar-refractivity contribution in [3.05, 3.63) is 59.7 Å². The molecular weight excluding hydrogens is 292 g/mol. The summed E-state index contributed by atoms with van der Waals surface area (Å²) in [5, 5.41) is -0.0571. The molecule has 0 amide bonds. The fraction of sp³-hybridized carbons (Fsp3) is 0.250. The van der Waals surface area contributed by atoms with Gasteiger partial charge in [0.1, 0.15) is 17.4 Å². The second kappa shape index (κ2) is 6.91. The van der Waals surface area contributed by atoms with E-state index in [1.165, 1.54) is 23.9 Å². The summed E-state index contributed by atoms with van der Waals surface area (Å²) in [7, 11) is 1.60. The zero-order valence-electron chi connectivity index (χ0n) is 11.8. The molecule has 0 aromatic heterocycles. The molecule has 2 N–H and O–H groups in total. The van der Waals surface area contributed by atoms with Gasteiger partial charge in [-0.2, -0.15) is 0 Å². The highest BCUT2D eigenvalue weighted by molar-refractivity contribution is 8.00. The van der Waals surface area contributed by atoms with Gasteiger partial charge in [0.15, 0.2) is 0 Å². The molecule has 0 radical (unpaired) electrons. The van der Waals surface area contributed by atoms with Crippen LogP contribution in [0.2, 0.25) is 0 Å². The van der Waals surface area contributed by atoms with Gasteiger partial charge in [0.2, 0.25) is 0 Å². The average molecular weight is 309 g/mol. The third-order valence-corrected chi connectivity index (χ3v) is 4.46. The Morgan fingerprint density at radius 3 is 2.33 bits per heavy atom. The Labute approximate surface area is 127 Å². The average Bonchev–Trinajstić information content (AvgIpc) is 2.49. The van der Waals surface area contributed by atoms with Gasteiger partial charge in [-0.25, -0.2) is 8.78 Å². The van der Waals surface area contributed by atoms with Crippen LogP contribution in [0, 0.1) is 11.6 Å². The maximum Gasteiger partial charge on any atom is 0.139 e. The molecule has 112 valence electrons. The van der Waals surface area contributed by atoms with Crippen LogP contribution in [0.3, 0.4) is 0 Å². The summed E-state index contributed by atoms with van der Waals surface area (Å²) in [5.74, 6) is -0.381. The van der Waals surface area contributed by atoms with Gasteiger partial charge >= 0.3 is 0 Å². The molecule has 0 heterocycles. The maximum absolute atomic E-state index is 13.7. The number of rotatable bonds is 5. The lowest BCUT2D eigenvalue weighted by atomic mass is 10.1. The molecule has 2 rings (SSSR count). The van der Waals surface area contributed by atoms with Crippen LogP contribution in [-0.2, 0) is 0 Å². The van der Waals surface area contributed by atoms with Crippen molar-refractivity contribution in [1.29, 1.82) is 0 Å². The standard InChI is InChI=1S/C16H17F2NOS/c1-10(21-15-8-5-12(17)9-14(15)18)16(19)11-3-6-13(20-2)7-4-11/h3-10,16H,19H2,1-2H3. The lowest BCUT2D eigenvalue weighted by Gasteiger charge is -2.20. The summed E-state index contributed by atoms with van der Waals surface area (Å²) in [6, 6.07) is 10.8. The molecule has 0 bridgehead atoms. The topological polar surface area (TPSA) is 35.2 Å². The maximum atomic E-state index is 13.7. The number of methoxy groups -OCH3 is 1. The largest absolute Gasteiger partial charge is 0.497 e. The highest BCUT2D eigenvalue weighted by atomic mass is 32.2. The van der Waals surface area contributed by atoms with Crippen molar-refractivity contribution in [3.8, 4) is 5.75 Å². The molecule has 2 atom stereocenters. The van der Waals surface area contributed by atoms with Gasteiger partial charge in [0, 0.05) is 22.3 Å². The minimum Gasteiger partial charge on any atom is -0.497 e. The van der Waals surface area contributed by atoms with Crippen molar-refractivity contribution in [2.24, 2.45) is 5.73 Å². The number of hydrogen-bond donors (Lipinski definition) is 1. The van der Waals surface area contributed by atoms with Gasteiger partial charge < -0.3 is 10.5 Å². The number of halogens is 2. The molecule has 0 spiro atoms. The van der Waals surface area contributed by atoms with E-state index in [-0.39, 0.29) is 11.3 Å². The van der Waals surface area contributed by atoms with E-state index < -0.39 is 11.6 Å². The van der Waals surface area contributed by atoms with E-state index in [0.29, 0.717) is 4.90 Å². The molecule has 21 heavy (non-hydrogen) atoms. The molecular formula is C16H17F2NOS. The Morgan fingerprint density at radius 1 is 1.10 bits per heavy atom. The summed E-state index contributed by atoms with van der Waals surface area (Å²) in [4.78, 5) is 0.396. The Kier molecular flexibility index (Phi) is 5.20. The summed E-state index contributed by atoms with van der Waals surface area (Å²) < 4.78 is 31.7. The van der Waals surface area contributed by atoms with Gasteiger partial charge in [0.05, 0.1) is 7.11 Å². The SMILES string of the molecule is COc1ccc(C(N)C(C)Sc2ccc(F)cc2F)cc1. The Bertz CT molecular complexity index is 604. The van der Waals surface area contributed by atoms with Crippen LogP contribution < -0.4 is 10.5 Å². The van der Waals surface area contributed by atoms with Crippen molar-refractivity contribution in [1.82, 2.24) is 0 Å². The van der Waals surface area contributed by atoms with Crippen molar-refractivity contribution in [2.45, 2.75) is 23.1 Å². The van der Waals surface area contributed by atoms with Crippen LogP contribution in [0.1, 0.15) is 18.5 Å². The van der Waals surface area contributed by atoms with Crippen LogP contribution in [0.5, 0.6) is 5.75 Å². The predicted molar refractivity (Wildman–Crippen MR) is 81.6 cm³/mol. The van der Waals surface area contributed by atoms with Crippen LogP contribution in [0.4, 0.5) is 8.78 Å². The Hall–Kier alpha value is -1.59. The van der Waals surface area contributed by atoms with E-state index in [1.54, 1.807) is 7.11 Å². The van der Waals surface area contributed by atoms with Crippen LogP contribution in [0.25, 0.3) is 0 Å². The van der Waals surface area contributed by atoms with E-state index in [9.17, 15) is 8.78 Å². The van der Waals surface area contributed by atoms with Crippen molar-refractivity contribution < 1.29 is 13.5 Å². The minimum absolute atomic E-state index is 0.0571. The summed E-state index contributed by atoms with van der Waals surface area (Å²) in [6.07, 6.45) is 0. The molecule has 0 fully saturated rings. The van der Waals surface area contributed by atoms with Gasteiger partial charge in [-0.15, -0.1) is 11.8 Å². The molecule has 2 unspecified atom stereocenters. The van der Waals surface area contributed by atoms with E-state index in [4.69, 9.17) is 10.5 Å². The van der Waals surface area contributed by atoms with Crippen molar-refractivity contribution >= 4 is 11.8 Å². The van der Waals surface area contributed by atoms with Crippen LogP contribution in [-0.4, -0.2) is 12.4 Å². The first-order chi connectivity index (χ1) is 10.0. The first kappa shape index (κ1) is 15.8. The molecule has 0 saturated heterocycles. The van der Waals surface area contributed by atoms with E-state index in [2.05, 4.69) is 0 Å². The molecule has 0 aliphatic heterocycles. The molecule has 5 heteroatoms. The van der Waals surface area contributed by atoms with Crippen molar-refractivity contribution in [3.63, 3.8) is 0 Å². The number of ether oxygens (including phenoxy) is 1. The predicted octanol–water partition coefficient (Wildman–Crippen LogP) is 4.15. The van der Waals surface area contributed by atoms with E-state index in [0.717, 1.165) is 17.4 Å². The first-order valence-corrected chi connectivity index (χ1v) is 7.40. The normalized spacial score (nSPS) is 13.8. The monoisotopic (exact) mass is 309 g/mol. The lowest BCUT2D eigenvalue weighted by molar-refractivity contribution is 0.414. The third-order valence-electron chi connectivity index (χ3n) is 3.21. The van der Waals surface area contributed by atoms with Crippen LogP contribution in [0.15, 0.2) is 47.4 Å².